The van der Waals surface area contributed by atoms with Gasteiger partial charge in [0.25, 0.3) is 0 Å². The molecule has 2 amide bonds. The van der Waals surface area contributed by atoms with Crippen molar-refractivity contribution < 1.29 is 9.59 Å². The number of nitrogens with zero attached hydrogens (tertiary/aromatic N) is 1. The van der Waals surface area contributed by atoms with E-state index < -0.39 is 0 Å². The van der Waals surface area contributed by atoms with Crippen LogP contribution >= 0.6 is 54.5 Å². The molecule has 0 atom stereocenters. The van der Waals surface area contributed by atoms with E-state index in [1.54, 1.807) is 18.9 Å². The molecule has 0 saturated carbocycles. The lowest BCUT2D eigenvalue weighted by molar-refractivity contribution is -0.116. The van der Waals surface area contributed by atoms with Crippen LogP contribution in [0.15, 0.2) is 21.1 Å². The molecule has 0 heterocycles. The first-order valence-corrected chi connectivity index (χ1v) is 13.5. The molecule has 31 heavy (non-hydrogen) atoms. The van der Waals surface area contributed by atoms with Crippen LogP contribution in [0.2, 0.25) is 0 Å². The van der Waals surface area contributed by atoms with Crippen molar-refractivity contribution in [1.29, 1.82) is 0 Å². The zero-order valence-corrected chi connectivity index (χ0v) is 25.4. The van der Waals surface area contributed by atoms with Gasteiger partial charge in [-0.1, -0.05) is 54.5 Å². The minimum atomic E-state index is -0.0331. The topological polar surface area (TPSA) is 49.4 Å². The molecule has 2 aromatic rings. The van der Waals surface area contributed by atoms with Crippen molar-refractivity contribution in [3.63, 3.8) is 0 Å². The second-order valence-corrected chi connectivity index (χ2v) is 8.93. The summed E-state index contributed by atoms with van der Waals surface area (Å²) < 4.78 is 2.24. The normalized spacial score (nSPS) is 9.71. The number of rotatable bonds is 2. The van der Waals surface area contributed by atoms with E-state index in [-0.39, 0.29) is 11.8 Å². The number of carbonyl (C=O) groups is 2. The lowest BCUT2D eigenvalue weighted by atomic mass is 10.0. The van der Waals surface area contributed by atoms with Gasteiger partial charge in [0, 0.05) is 41.2 Å². The fraction of sp³-hybridized carbons (Fsp3) is 0.417. The molecule has 0 aliphatic rings. The van der Waals surface area contributed by atoms with Crippen LogP contribution in [0.3, 0.4) is 0 Å². The number of hydrogen-bond donors (Lipinski definition) is 1. The van der Waals surface area contributed by atoms with Crippen LogP contribution in [0, 0.1) is 41.5 Å². The summed E-state index contributed by atoms with van der Waals surface area (Å²) in [6, 6.07) is 4.02. The number of carbonyl (C=O) groups excluding carboxylic acids is 2. The number of aryl methyl sites for hydroxylation is 2. The fourth-order valence-electron chi connectivity index (χ4n) is 2.92. The standard InChI is InChI=1S/C12H16BrNO.C11H14BrNO.CH3I/c1-7-6-11(14(5)10(4)15)8(2)9(3)12(7)13;1-6-5-10(13-9(4)14)7(2)8(3)11(6)12;1-2/h6H,1-5H3;5H,1-4H3,(H,13,14);1H3. The number of halogens is 3. The van der Waals surface area contributed by atoms with E-state index in [1.807, 2.05) is 51.7 Å². The maximum atomic E-state index is 11.3. The largest absolute Gasteiger partial charge is 0.326 e. The molecule has 7 heteroatoms. The minimum absolute atomic E-state index is 0.0331. The van der Waals surface area contributed by atoms with Crippen LogP contribution in [0.4, 0.5) is 11.4 Å². The van der Waals surface area contributed by atoms with Crippen molar-refractivity contribution in [3.05, 3.63) is 54.5 Å². The number of anilines is 2. The third-order valence-electron chi connectivity index (χ3n) is 5.12. The first-order valence-electron chi connectivity index (χ1n) is 9.71. The Kier molecular flexibility index (Phi) is 13.2. The highest BCUT2D eigenvalue weighted by Gasteiger charge is 2.13. The van der Waals surface area contributed by atoms with Crippen molar-refractivity contribution in [3.8, 4) is 0 Å². The second kappa shape index (κ2) is 13.6. The molecule has 2 aromatic carbocycles. The summed E-state index contributed by atoms with van der Waals surface area (Å²) in [4.78, 5) is 25.9. The van der Waals surface area contributed by atoms with Gasteiger partial charge in [-0.05, 0) is 92.0 Å². The van der Waals surface area contributed by atoms with E-state index in [0.29, 0.717) is 0 Å². The molecule has 0 aliphatic carbocycles. The molecular weight excluding hydrogens is 635 g/mol. The summed E-state index contributed by atoms with van der Waals surface area (Å²) in [7, 11) is 1.80. The molecule has 0 unspecified atom stereocenters. The predicted octanol–water partition coefficient (Wildman–Crippen LogP) is 7.74. The average Bonchev–Trinajstić information content (AvgIpc) is 2.72. The van der Waals surface area contributed by atoms with Crippen LogP contribution in [0.5, 0.6) is 0 Å². The Morgan fingerprint density at radius 1 is 0.806 bits per heavy atom. The Morgan fingerprint density at radius 2 is 1.23 bits per heavy atom. The quantitative estimate of drug-likeness (QED) is 0.263. The van der Waals surface area contributed by atoms with Crippen molar-refractivity contribution in [2.75, 3.05) is 22.2 Å². The van der Waals surface area contributed by atoms with Gasteiger partial charge in [0.15, 0.2) is 0 Å². The molecule has 0 spiro atoms. The first kappa shape index (κ1) is 30.1. The summed E-state index contributed by atoms with van der Waals surface area (Å²) in [6.07, 6.45) is 0. The summed E-state index contributed by atoms with van der Waals surface area (Å²) in [5.74, 6) is 0.0217. The van der Waals surface area contributed by atoms with Crippen molar-refractivity contribution in [1.82, 2.24) is 0 Å². The van der Waals surface area contributed by atoms with Crippen LogP contribution in [-0.2, 0) is 9.59 Å². The van der Waals surface area contributed by atoms with Crippen molar-refractivity contribution in [2.45, 2.75) is 55.4 Å². The lowest BCUT2D eigenvalue weighted by Gasteiger charge is -2.21. The highest BCUT2D eigenvalue weighted by Crippen LogP contribution is 2.31. The van der Waals surface area contributed by atoms with Crippen LogP contribution < -0.4 is 10.2 Å². The fourth-order valence-corrected chi connectivity index (χ4v) is 3.74. The molecule has 0 saturated heterocycles. The first-order chi connectivity index (χ1) is 14.3. The third-order valence-corrected chi connectivity index (χ3v) is 7.56. The zero-order valence-electron chi connectivity index (χ0n) is 20.1. The Balaban J connectivity index is 0.000000539. The molecule has 2 rings (SSSR count). The van der Waals surface area contributed by atoms with Gasteiger partial charge in [-0.3, -0.25) is 9.59 Å². The Morgan fingerprint density at radius 3 is 1.65 bits per heavy atom. The Hall–Kier alpha value is -0.930. The van der Waals surface area contributed by atoms with Gasteiger partial charge in [-0.15, -0.1) is 0 Å². The summed E-state index contributed by atoms with van der Waals surface area (Å²) >= 11 is 9.21. The average molecular weight is 668 g/mol. The number of amides is 2. The number of hydrogen-bond acceptors (Lipinski definition) is 2. The van der Waals surface area contributed by atoms with E-state index in [2.05, 4.69) is 66.7 Å². The molecule has 0 aliphatic heterocycles. The highest BCUT2D eigenvalue weighted by atomic mass is 127. The molecule has 0 aromatic heterocycles. The smallest absolute Gasteiger partial charge is 0.223 e. The Bertz CT molecular complexity index is 960. The van der Waals surface area contributed by atoms with Gasteiger partial charge in [-0.2, -0.15) is 0 Å². The summed E-state index contributed by atoms with van der Waals surface area (Å²) in [5.41, 5.74) is 8.80. The van der Waals surface area contributed by atoms with E-state index in [9.17, 15) is 9.59 Å². The van der Waals surface area contributed by atoms with Gasteiger partial charge in [-0.25, -0.2) is 0 Å². The predicted molar refractivity (Wildman–Crippen MR) is 150 cm³/mol. The van der Waals surface area contributed by atoms with E-state index in [0.717, 1.165) is 42.6 Å². The molecule has 1 N–H and O–H groups in total. The molecule has 172 valence electrons. The maximum Gasteiger partial charge on any atom is 0.223 e. The van der Waals surface area contributed by atoms with E-state index in [4.69, 9.17) is 0 Å². The van der Waals surface area contributed by atoms with Crippen LogP contribution in [0.25, 0.3) is 0 Å². The highest BCUT2D eigenvalue weighted by molar-refractivity contribution is 14.1. The molecule has 4 nitrogen and oxygen atoms in total. The molecular formula is C24H33Br2IN2O2. The van der Waals surface area contributed by atoms with Crippen molar-refractivity contribution in [2.24, 2.45) is 0 Å². The second-order valence-electron chi connectivity index (χ2n) is 7.34. The number of nitrogens with one attached hydrogen (secondary N) is 1. The lowest BCUT2D eigenvalue weighted by Crippen LogP contribution is -2.24. The summed E-state index contributed by atoms with van der Waals surface area (Å²) in [5, 5.41) is 2.82. The zero-order chi connectivity index (χ0) is 24.6. The van der Waals surface area contributed by atoms with E-state index in [1.165, 1.54) is 18.1 Å². The van der Waals surface area contributed by atoms with E-state index >= 15 is 0 Å². The Labute approximate surface area is 218 Å². The molecule has 0 radical (unpaired) electrons. The van der Waals surface area contributed by atoms with Gasteiger partial charge < -0.3 is 10.2 Å². The maximum absolute atomic E-state index is 11.3. The van der Waals surface area contributed by atoms with Gasteiger partial charge in [0.05, 0.1) is 0 Å². The van der Waals surface area contributed by atoms with Crippen LogP contribution in [-0.4, -0.2) is 23.8 Å². The van der Waals surface area contributed by atoms with Gasteiger partial charge in [0.1, 0.15) is 0 Å². The third kappa shape index (κ3) is 8.17. The molecule has 0 bridgehead atoms. The number of alkyl halides is 1. The summed E-state index contributed by atoms with van der Waals surface area (Å²) in [6.45, 7) is 15.3. The minimum Gasteiger partial charge on any atom is -0.326 e. The van der Waals surface area contributed by atoms with Crippen LogP contribution in [0.1, 0.15) is 47.2 Å². The van der Waals surface area contributed by atoms with Gasteiger partial charge >= 0.3 is 0 Å². The molecule has 0 fully saturated rings. The number of benzene rings is 2. The van der Waals surface area contributed by atoms with Crippen molar-refractivity contribution >= 4 is 77.6 Å². The van der Waals surface area contributed by atoms with Gasteiger partial charge in [0.2, 0.25) is 11.8 Å². The SMILES string of the molecule is CC(=O)N(C)c1cc(C)c(Br)c(C)c1C.CC(=O)Nc1cc(C)c(Br)c(C)c1C.CI. The monoisotopic (exact) mass is 666 g/mol.